The second-order valence-corrected chi connectivity index (χ2v) is 10.7. The predicted octanol–water partition coefficient (Wildman–Crippen LogP) is 3.78. The summed E-state index contributed by atoms with van der Waals surface area (Å²) in [6.45, 7) is 1.86. The van der Waals surface area contributed by atoms with Crippen LogP contribution in [0.25, 0.3) is 0 Å². The predicted molar refractivity (Wildman–Crippen MR) is 135 cm³/mol. The van der Waals surface area contributed by atoms with Crippen molar-refractivity contribution in [2.45, 2.75) is 82.7 Å². The van der Waals surface area contributed by atoms with Gasteiger partial charge in [0.05, 0.1) is 23.9 Å². The topological polar surface area (TPSA) is 87.2 Å². The Bertz CT molecular complexity index is 1020. The summed E-state index contributed by atoms with van der Waals surface area (Å²) in [4.78, 5) is 57.7. The van der Waals surface area contributed by atoms with Crippen LogP contribution in [0.5, 0.6) is 0 Å². The first-order valence-electron chi connectivity index (χ1n) is 13.7. The summed E-state index contributed by atoms with van der Waals surface area (Å²) in [5, 5.41) is 0. The number of amides is 3. The van der Waals surface area contributed by atoms with E-state index in [1.54, 1.807) is 11.0 Å². The van der Waals surface area contributed by atoms with Crippen LogP contribution in [-0.4, -0.2) is 72.3 Å². The monoisotopic (exact) mass is 495 g/mol. The number of hydrogen-bond acceptors (Lipinski definition) is 6. The third kappa shape index (κ3) is 4.50. The Kier molecular flexibility index (Phi) is 7.30. The maximum atomic E-state index is 13.6. The zero-order valence-electron chi connectivity index (χ0n) is 21.2. The number of carbonyl (C=O) groups is 4. The number of esters is 1. The molecule has 1 aliphatic carbocycles. The minimum atomic E-state index is -0.471. The van der Waals surface area contributed by atoms with E-state index in [1.165, 1.54) is 18.4 Å². The van der Waals surface area contributed by atoms with Gasteiger partial charge in [-0.15, -0.1) is 0 Å². The molecule has 194 valence electrons. The Morgan fingerprint density at radius 1 is 0.833 bits per heavy atom. The minimum Gasteiger partial charge on any atom is -0.467 e. The molecule has 3 fully saturated rings. The van der Waals surface area contributed by atoms with Crippen LogP contribution in [0.15, 0.2) is 18.2 Å². The highest BCUT2D eigenvalue weighted by Gasteiger charge is 2.43. The molecule has 5 rings (SSSR count). The molecule has 8 nitrogen and oxygen atoms in total. The fraction of sp³-hybridized carbons (Fsp3) is 0.643. The molecule has 0 spiro atoms. The summed E-state index contributed by atoms with van der Waals surface area (Å²) >= 11 is 0. The molecule has 3 heterocycles. The summed E-state index contributed by atoms with van der Waals surface area (Å²) in [7, 11) is 1.37. The maximum Gasteiger partial charge on any atom is 0.328 e. The average molecular weight is 496 g/mol. The molecular weight excluding hydrogens is 458 g/mol. The SMILES string of the molecule is COC(=O)[C@@H]1CCCN1C(=O)C1CCN(c2cccc3c2C(=O)N(C2CCCCCCC2)C3=O)CC1. The second-order valence-electron chi connectivity index (χ2n) is 10.7. The maximum absolute atomic E-state index is 13.6. The van der Waals surface area contributed by atoms with E-state index in [9.17, 15) is 19.2 Å². The van der Waals surface area contributed by atoms with E-state index in [0.717, 1.165) is 50.6 Å². The number of piperidine rings is 1. The van der Waals surface area contributed by atoms with E-state index in [1.807, 2.05) is 12.1 Å². The van der Waals surface area contributed by atoms with Crippen LogP contribution in [0.3, 0.4) is 0 Å². The molecule has 3 aliphatic heterocycles. The van der Waals surface area contributed by atoms with E-state index >= 15 is 0 Å². The highest BCUT2D eigenvalue weighted by atomic mass is 16.5. The van der Waals surface area contributed by atoms with Gasteiger partial charge in [-0.05, 0) is 50.7 Å². The van der Waals surface area contributed by atoms with Crippen LogP contribution in [-0.2, 0) is 14.3 Å². The van der Waals surface area contributed by atoms with Crippen LogP contribution >= 0.6 is 0 Å². The highest BCUT2D eigenvalue weighted by molar-refractivity contribution is 6.24. The number of benzene rings is 1. The van der Waals surface area contributed by atoms with Crippen molar-refractivity contribution in [3.63, 3.8) is 0 Å². The van der Waals surface area contributed by atoms with Crippen LogP contribution < -0.4 is 4.90 Å². The van der Waals surface area contributed by atoms with Crippen molar-refractivity contribution >= 4 is 29.4 Å². The van der Waals surface area contributed by atoms with Gasteiger partial charge >= 0.3 is 5.97 Å². The Morgan fingerprint density at radius 3 is 2.22 bits per heavy atom. The summed E-state index contributed by atoms with van der Waals surface area (Å²) in [6, 6.07) is 5.08. The fourth-order valence-corrected chi connectivity index (χ4v) is 6.59. The normalized spacial score (nSPS) is 24.0. The number of hydrogen-bond donors (Lipinski definition) is 0. The summed E-state index contributed by atoms with van der Waals surface area (Å²) in [6.07, 6.45) is 10.2. The number of imide groups is 1. The van der Waals surface area contributed by atoms with Crippen LogP contribution in [0.1, 0.15) is 91.3 Å². The third-order valence-corrected chi connectivity index (χ3v) is 8.56. The number of anilines is 1. The van der Waals surface area contributed by atoms with Gasteiger partial charge < -0.3 is 14.5 Å². The molecule has 1 aromatic carbocycles. The number of carbonyl (C=O) groups excluding carboxylic acids is 4. The molecule has 4 aliphatic rings. The summed E-state index contributed by atoms with van der Waals surface area (Å²) < 4.78 is 4.90. The number of rotatable bonds is 4. The zero-order valence-corrected chi connectivity index (χ0v) is 21.2. The van der Waals surface area contributed by atoms with Crippen molar-refractivity contribution in [3.8, 4) is 0 Å². The smallest absolute Gasteiger partial charge is 0.328 e. The molecule has 1 aromatic rings. The number of ether oxygens (including phenoxy) is 1. The molecule has 3 amide bonds. The second kappa shape index (κ2) is 10.6. The van der Waals surface area contributed by atoms with Crippen molar-refractivity contribution in [1.82, 2.24) is 9.80 Å². The number of fused-ring (bicyclic) bond motifs is 1. The lowest BCUT2D eigenvalue weighted by Crippen LogP contribution is -2.47. The molecule has 0 unspecified atom stereocenters. The van der Waals surface area contributed by atoms with Crippen molar-refractivity contribution in [2.75, 3.05) is 31.6 Å². The fourth-order valence-electron chi connectivity index (χ4n) is 6.59. The number of methoxy groups -OCH3 is 1. The van der Waals surface area contributed by atoms with Crippen molar-refractivity contribution in [2.24, 2.45) is 5.92 Å². The zero-order chi connectivity index (χ0) is 25.2. The molecule has 36 heavy (non-hydrogen) atoms. The third-order valence-electron chi connectivity index (χ3n) is 8.56. The number of likely N-dealkylation sites (tertiary alicyclic amines) is 1. The van der Waals surface area contributed by atoms with Gasteiger partial charge in [-0.3, -0.25) is 19.3 Å². The lowest BCUT2D eigenvalue weighted by Gasteiger charge is -2.36. The molecule has 0 N–H and O–H groups in total. The van der Waals surface area contributed by atoms with Gasteiger partial charge in [-0.25, -0.2) is 4.79 Å². The van der Waals surface area contributed by atoms with Gasteiger partial charge in [0.1, 0.15) is 6.04 Å². The van der Waals surface area contributed by atoms with E-state index in [4.69, 9.17) is 4.74 Å². The van der Waals surface area contributed by atoms with Gasteiger partial charge in [-0.2, -0.15) is 0 Å². The van der Waals surface area contributed by atoms with E-state index in [2.05, 4.69) is 4.90 Å². The van der Waals surface area contributed by atoms with E-state index in [-0.39, 0.29) is 35.7 Å². The minimum absolute atomic E-state index is 0.0166. The van der Waals surface area contributed by atoms with Gasteiger partial charge in [-0.1, -0.05) is 38.2 Å². The Labute approximate surface area is 212 Å². The molecular formula is C28H37N3O5. The Hall–Kier alpha value is -2.90. The van der Waals surface area contributed by atoms with Crippen molar-refractivity contribution < 1.29 is 23.9 Å². The molecule has 1 atom stereocenters. The first-order valence-corrected chi connectivity index (χ1v) is 13.7. The molecule has 8 heteroatoms. The number of nitrogens with zero attached hydrogens (tertiary/aromatic N) is 3. The first-order chi connectivity index (χ1) is 17.5. The quantitative estimate of drug-likeness (QED) is 0.467. The Morgan fingerprint density at radius 2 is 1.53 bits per heavy atom. The van der Waals surface area contributed by atoms with Gasteiger partial charge in [0.25, 0.3) is 11.8 Å². The Balaban J connectivity index is 1.28. The van der Waals surface area contributed by atoms with Crippen molar-refractivity contribution in [1.29, 1.82) is 0 Å². The van der Waals surface area contributed by atoms with E-state index in [0.29, 0.717) is 50.0 Å². The molecule has 0 bridgehead atoms. The first kappa shape index (κ1) is 24.8. The molecule has 0 aromatic heterocycles. The average Bonchev–Trinajstić information content (AvgIpc) is 3.47. The van der Waals surface area contributed by atoms with Crippen molar-refractivity contribution in [3.05, 3.63) is 29.3 Å². The highest BCUT2D eigenvalue weighted by Crippen LogP contribution is 2.37. The summed E-state index contributed by atoms with van der Waals surface area (Å²) in [5.74, 6) is -0.771. The molecule has 2 saturated heterocycles. The van der Waals surface area contributed by atoms with Crippen LogP contribution in [0.2, 0.25) is 0 Å². The van der Waals surface area contributed by atoms with Gasteiger partial charge in [0.2, 0.25) is 5.91 Å². The van der Waals surface area contributed by atoms with Gasteiger partial charge in [0.15, 0.2) is 0 Å². The standard InChI is InChI=1S/C28H37N3O5/c1-36-28(35)23-13-8-16-30(23)25(32)19-14-17-29(18-15-19)22-12-7-11-21-24(22)27(34)31(26(21)33)20-9-5-3-2-4-6-10-20/h7,11-12,19-20,23H,2-6,8-10,13-18H2,1H3/t23-/m0/s1. The summed E-state index contributed by atoms with van der Waals surface area (Å²) in [5.41, 5.74) is 1.84. The van der Waals surface area contributed by atoms with E-state index < -0.39 is 6.04 Å². The van der Waals surface area contributed by atoms with Crippen LogP contribution in [0.4, 0.5) is 5.69 Å². The molecule has 0 radical (unpaired) electrons. The molecule has 1 saturated carbocycles. The largest absolute Gasteiger partial charge is 0.467 e. The van der Waals surface area contributed by atoms with Gasteiger partial charge in [0, 0.05) is 31.6 Å². The lowest BCUT2D eigenvalue weighted by molar-refractivity contribution is -0.152. The lowest BCUT2D eigenvalue weighted by atomic mass is 9.93. The van der Waals surface area contributed by atoms with Crippen LogP contribution in [0, 0.1) is 5.92 Å².